The smallest absolute Gasteiger partial charge is 0.303 e. The van der Waals surface area contributed by atoms with Gasteiger partial charge in [0.2, 0.25) is 5.91 Å². The predicted octanol–water partition coefficient (Wildman–Crippen LogP) is 1.39. The molecule has 0 bridgehead atoms. The molecule has 0 aliphatic carbocycles. The van der Waals surface area contributed by atoms with Crippen molar-refractivity contribution in [2.45, 2.75) is 40.0 Å². The Morgan fingerprint density at radius 3 is 1.85 bits per heavy atom. The Morgan fingerprint density at radius 2 is 1.62 bits per heavy atom. The molecule has 0 aliphatic rings. The molecular formula is C9H19NO3. The molecule has 0 unspecified atom stereocenters. The second kappa shape index (κ2) is 9.03. The van der Waals surface area contributed by atoms with E-state index in [9.17, 15) is 9.59 Å². The number of aliphatic carboxylic acids is 1. The summed E-state index contributed by atoms with van der Waals surface area (Å²) in [7, 11) is 0. The maximum Gasteiger partial charge on any atom is 0.303 e. The van der Waals surface area contributed by atoms with Crippen LogP contribution < -0.4 is 5.73 Å². The maximum absolute atomic E-state index is 10.0. The Bertz CT molecular complexity index is 138. The van der Waals surface area contributed by atoms with Gasteiger partial charge in [-0.2, -0.15) is 0 Å². The van der Waals surface area contributed by atoms with Gasteiger partial charge in [0.15, 0.2) is 0 Å². The van der Waals surface area contributed by atoms with Gasteiger partial charge in [0.1, 0.15) is 0 Å². The number of amides is 1. The molecule has 78 valence electrons. The highest BCUT2D eigenvalue weighted by Crippen LogP contribution is 1.92. The summed E-state index contributed by atoms with van der Waals surface area (Å²) >= 11 is 0. The Hall–Kier alpha value is -1.06. The first kappa shape index (κ1) is 14.5. The van der Waals surface area contributed by atoms with Gasteiger partial charge in [0.05, 0.1) is 0 Å². The molecule has 0 aromatic carbocycles. The summed E-state index contributed by atoms with van der Waals surface area (Å²) in [5.74, 6) is -0.507. The zero-order valence-electron chi connectivity index (χ0n) is 8.54. The van der Waals surface area contributed by atoms with E-state index in [1.165, 1.54) is 0 Å². The van der Waals surface area contributed by atoms with Crippen LogP contribution in [0.4, 0.5) is 0 Å². The van der Waals surface area contributed by atoms with E-state index < -0.39 is 11.9 Å². The van der Waals surface area contributed by atoms with Crippen LogP contribution in [0.5, 0.6) is 0 Å². The van der Waals surface area contributed by atoms with E-state index in [0.29, 0.717) is 6.42 Å². The summed E-state index contributed by atoms with van der Waals surface area (Å²) in [6.45, 7) is 6.50. The summed E-state index contributed by atoms with van der Waals surface area (Å²) in [6, 6.07) is 0. The second-order valence-corrected chi connectivity index (χ2v) is 3.45. The molecule has 4 nitrogen and oxygen atoms in total. The lowest BCUT2D eigenvalue weighted by atomic mass is 10.2. The average molecular weight is 189 g/mol. The molecule has 0 rings (SSSR count). The summed E-state index contributed by atoms with van der Waals surface area (Å²) in [4.78, 5) is 19.8. The summed E-state index contributed by atoms with van der Waals surface area (Å²) in [5, 5.41) is 8.07. The molecular weight excluding hydrogens is 170 g/mol. The van der Waals surface area contributed by atoms with Crippen LogP contribution in [0.15, 0.2) is 0 Å². The third-order valence-electron chi connectivity index (χ3n) is 0.814. The standard InChI is InChI=1S/C5H9NO3.C4H10/c6-4(7)2-1-3-5(8)9;1-4(2)3/h1-3H2,(H2,6,7)(H,8,9);4H,1-3H3. The van der Waals surface area contributed by atoms with E-state index in [2.05, 4.69) is 20.8 Å². The molecule has 0 saturated heterocycles. The highest BCUT2D eigenvalue weighted by Gasteiger charge is 1.98. The van der Waals surface area contributed by atoms with Crippen molar-refractivity contribution in [2.75, 3.05) is 0 Å². The number of carbonyl (C=O) groups is 2. The molecule has 0 fully saturated rings. The molecule has 0 aromatic heterocycles. The minimum absolute atomic E-state index is 0.0168. The van der Waals surface area contributed by atoms with Crippen LogP contribution in [-0.2, 0) is 9.59 Å². The predicted molar refractivity (Wildman–Crippen MR) is 51.2 cm³/mol. The minimum Gasteiger partial charge on any atom is -0.481 e. The normalized spacial score (nSPS) is 8.92. The molecule has 3 N–H and O–H groups in total. The summed E-state index contributed by atoms with van der Waals surface area (Å²) < 4.78 is 0. The zero-order valence-corrected chi connectivity index (χ0v) is 8.54. The second-order valence-electron chi connectivity index (χ2n) is 3.45. The summed E-state index contributed by atoms with van der Waals surface area (Å²) in [6.07, 6.45) is 0.514. The first-order valence-corrected chi connectivity index (χ1v) is 4.36. The van der Waals surface area contributed by atoms with E-state index in [1.54, 1.807) is 0 Å². The van der Waals surface area contributed by atoms with Crippen molar-refractivity contribution < 1.29 is 14.7 Å². The monoisotopic (exact) mass is 189 g/mol. The van der Waals surface area contributed by atoms with Crippen molar-refractivity contribution in [1.82, 2.24) is 0 Å². The van der Waals surface area contributed by atoms with Gasteiger partial charge in [-0.25, -0.2) is 0 Å². The molecule has 0 aliphatic heterocycles. The number of hydrogen-bond donors (Lipinski definition) is 2. The van der Waals surface area contributed by atoms with Gasteiger partial charge < -0.3 is 10.8 Å². The van der Waals surface area contributed by atoms with Gasteiger partial charge in [0.25, 0.3) is 0 Å². The minimum atomic E-state index is -0.892. The van der Waals surface area contributed by atoms with Crippen molar-refractivity contribution in [3.05, 3.63) is 0 Å². The van der Waals surface area contributed by atoms with Crippen LogP contribution in [0.25, 0.3) is 0 Å². The van der Waals surface area contributed by atoms with Crippen LogP contribution in [-0.4, -0.2) is 17.0 Å². The van der Waals surface area contributed by atoms with Crippen LogP contribution in [0.2, 0.25) is 0 Å². The van der Waals surface area contributed by atoms with Crippen molar-refractivity contribution >= 4 is 11.9 Å². The molecule has 0 spiro atoms. The Balaban J connectivity index is 0. The Morgan fingerprint density at radius 1 is 1.23 bits per heavy atom. The lowest BCUT2D eigenvalue weighted by Crippen LogP contribution is -2.10. The first-order chi connectivity index (χ1) is 5.86. The number of carboxylic acids is 1. The highest BCUT2D eigenvalue weighted by molar-refractivity contribution is 5.74. The third-order valence-corrected chi connectivity index (χ3v) is 0.814. The molecule has 0 atom stereocenters. The van der Waals surface area contributed by atoms with Gasteiger partial charge >= 0.3 is 5.97 Å². The number of primary amides is 1. The highest BCUT2D eigenvalue weighted by atomic mass is 16.4. The number of hydrogen-bond acceptors (Lipinski definition) is 2. The SMILES string of the molecule is CC(C)C.NC(=O)CCCC(=O)O. The molecule has 13 heavy (non-hydrogen) atoms. The molecule has 4 heteroatoms. The Labute approximate surface area is 79.1 Å². The fourth-order valence-corrected chi connectivity index (χ4v) is 0.414. The van der Waals surface area contributed by atoms with Crippen molar-refractivity contribution in [3.8, 4) is 0 Å². The average Bonchev–Trinajstić information content (AvgIpc) is 1.83. The Kier molecular flexibility index (Phi) is 10.0. The molecule has 0 heterocycles. The van der Waals surface area contributed by atoms with Crippen molar-refractivity contribution in [1.29, 1.82) is 0 Å². The van der Waals surface area contributed by atoms with Crippen molar-refractivity contribution in [3.63, 3.8) is 0 Å². The van der Waals surface area contributed by atoms with Crippen LogP contribution >= 0.6 is 0 Å². The van der Waals surface area contributed by atoms with Gasteiger partial charge in [-0.05, 0) is 12.3 Å². The van der Waals surface area contributed by atoms with Crippen molar-refractivity contribution in [2.24, 2.45) is 11.7 Å². The fourth-order valence-electron chi connectivity index (χ4n) is 0.414. The number of carboxylic acid groups (broad SMARTS) is 1. The fraction of sp³-hybridized carbons (Fsp3) is 0.778. The quantitative estimate of drug-likeness (QED) is 0.701. The van der Waals surface area contributed by atoms with Gasteiger partial charge in [-0.1, -0.05) is 20.8 Å². The van der Waals surface area contributed by atoms with Gasteiger partial charge in [0, 0.05) is 12.8 Å². The van der Waals surface area contributed by atoms with E-state index in [4.69, 9.17) is 10.8 Å². The van der Waals surface area contributed by atoms with Crippen LogP contribution in [0.3, 0.4) is 0 Å². The van der Waals surface area contributed by atoms with Crippen LogP contribution in [0, 0.1) is 5.92 Å². The lowest BCUT2D eigenvalue weighted by Gasteiger charge is -1.89. The topological polar surface area (TPSA) is 80.4 Å². The molecule has 0 aromatic rings. The number of carbonyl (C=O) groups excluding carboxylic acids is 1. The van der Waals surface area contributed by atoms with Gasteiger partial charge in [-0.15, -0.1) is 0 Å². The first-order valence-electron chi connectivity index (χ1n) is 4.36. The van der Waals surface area contributed by atoms with E-state index in [0.717, 1.165) is 5.92 Å². The molecule has 1 amide bonds. The largest absolute Gasteiger partial charge is 0.481 e. The van der Waals surface area contributed by atoms with E-state index >= 15 is 0 Å². The van der Waals surface area contributed by atoms with Gasteiger partial charge in [-0.3, -0.25) is 9.59 Å². The van der Waals surface area contributed by atoms with Crippen LogP contribution in [0.1, 0.15) is 40.0 Å². The van der Waals surface area contributed by atoms with E-state index in [-0.39, 0.29) is 12.8 Å². The number of nitrogens with two attached hydrogens (primary N) is 1. The number of rotatable bonds is 4. The maximum atomic E-state index is 10.0. The molecule has 0 radical (unpaired) electrons. The molecule has 0 saturated carbocycles. The lowest BCUT2D eigenvalue weighted by molar-refractivity contribution is -0.137. The summed E-state index contributed by atoms with van der Waals surface area (Å²) in [5.41, 5.74) is 4.75. The zero-order chi connectivity index (χ0) is 10.9. The third kappa shape index (κ3) is 35.8. The van der Waals surface area contributed by atoms with E-state index in [1.807, 2.05) is 0 Å².